The zero-order chi connectivity index (χ0) is 9.87. The standard InChI is InChI=1S/C8H7FO5/c9-8(11)14-5-3-1-2-4(12-3)6(5)13-7(2)10/h2-6H,1H2. The van der Waals surface area contributed by atoms with Crippen molar-refractivity contribution in [2.75, 3.05) is 0 Å². The first-order valence-electron chi connectivity index (χ1n) is 4.39. The third-order valence-corrected chi connectivity index (χ3v) is 3.01. The van der Waals surface area contributed by atoms with Crippen molar-refractivity contribution in [3.8, 4) is 0 Å². The molecule has 3 saturated heterocycles. The van der Waals surface area contributed by atoms with Crippen LogP contribution in [0.15, 0.2) is 0 Å². The Morgan fingerprint density at radius 1 is 1.50 bits per heavy atom. The number of carbonyl (C=O) groups excluding carboxylic acids is 2. The number of carbonyl (C=O) groups is 2. The van der Waals surface area contributed by atoms with Gasteiger partial charge in [0.1, 0.15) is 6.10 Å². The van der Waals surface area contributed by atoms with Crippen LogP contribution in [0.1, 0.15) is 6.42 Å². The van der Waals surface area contributed by atoms with Crippen LogP contribution in [0, 0.1) is 5.92 Å². The molecule has 3 heterocycles. The third-order valence-electron chi connectivity index (χ3n) is 3.01. The quantitative estimate of drug-likeness (QED) is 0.448. The van der Waals surface area contributed by atoms with Crippen LogP contribution < -0.4 is 0 Å². The lowest BCUT2D eigenvalue weighted by atomic mass is 9.88. The first-order chi connectivity index (χ1) is 6.66. The number of rotatable bonds is 1. The monoisotopic (exact) mass is 202 g/mol. The maximum Gasteiger partial charge on any atom is 0.495 e. The molecular weight excluding hydrogens is 195 g/mol. The van der Waals surface area contributed by atoms with Crippen LogP contribution in [-0.2, 0) is 19.0 Å². The summed E-state index contributed by atoms with van der Waals surface area (Å²) in [6.45, 7) is 0. The van der Waals surface area contributed by atoms with Gasteiger partial charge in [-0.3, -0.25) is 4.79 Å². The van der Waals surface area contributed by atoms with Crippen LogP contribution >= 0.6 is 0 Å². The zero-order valence-electron chi connectivity index (χ0n) is 7.01. The van der Waals surface area contributed by atoms with Gasteiger partial charge in [0.2, 0.25) is 0 Å². The molecule has 0 saturated carbocycles. The van der Waals surface area contributed by atoms with Crippen molar-refractivity contribution in [3.63, 3.8) is 0 Å². The molecule has 3 aliphatic rings. The first kappa shape index (κ1) is 8.16. The average molecular weight is 202 g/mol. The Morgan fingerprint density at radius 3 is 3.00 bits per heavy atom. The summed E-state index contributed by atoms with van der Waals surface area (Å²) in [4.78, 5) is 21.3. The van der Waals surface area contributed by atoms with Crippen LogP contribution in [-0.4, -0.2) is 36.6 Å². The van der Waals surface area contributed by atoms with Crippen molar-refractivity contribution in [1.29, 1.82) is 0 Å². The molecule has 0 aromatic carbocycles. The molecule has 3 aliphatic heterocycles. The largest absolute Gasteiger partial charge is 0.495 e. The number of hydrogen-bond donors (Lipinski definition) is 0. The molecule has 0 amide bonds. The lowest BCUT2D eigenvalue weighted by Gasteiger charge is -2.20. The predicted octanol–water partition coefficient (Wildman–Crippen LogP) is 0.174. The Hall–Kier alpha value is -1.17. The van der Waals surface area contributed by atoms with Crippen molar-refractivity contribution in [2.45, 2.75) is 30.8 Å². The van der Waals surface area contributed by atoms with Crippen molar-refractivity contribution in [2.24, 2.45) is 5.92 Å². The van der Waals surface area contributed by atoms with Gasteiger partial charge in [-0.2, -0.15) is 0 Å². The Bertz CT molecular complexity index is 317. The lowest BCUT2D eigenvalue weighted by Crippen LogP contribution is -2.39. The van der Waals surface area contributed by atoms with Gasteiger partial charge < -0.3 is 14.2 Å². The van der Waals surface area contributed by atoms with Gasteiger partial charge in [-0.05, 0) is 6.42 Å². The fourth-order valence-electron chi connectivity index (χ4n) is 2.49. The minimum absolute atomic E-state index is 0.250. The summed E-state index contributed by atoms with van der Waals surface area (Å²) >= 11 is 0. The fraction of sp³-hybridized carbons (Fsp3) is 0.750. The molecule has 0 spiro atoms. The second-order valence-corrected chi connectivity index (χ2v) is 3.70. The second-order valence-electron chi connectivity index (χ2n) is 3.70. The van der Waals surface area contributed by atoms with Crippen molar-refractivity contribution < 1.29 is 28.2 Å². The zero-order valence-corrected chi connectivity index (χ0v) is 7.01. The van der Waals surface area contributed by atoms with E-state index in [9.17, 15) is 14.0 Å². The van der Waals surface area contributed by atoms with E-state index in [1.165, 1.54) is 0 Å². The SMILES string of the molecule is O=C(F)OC1C2CC3C(=O)OC1C3O2. The Balaban J connectivity index is 1.85. The van der Waals surface area contributed by atoms with Crippen LogP contribution in [0.5, 0.6) is 0 Å². The molecule has 2 bridgehead atoms. The molecular formula is C8H7FO5. The molecule has 5 unspecified atom stereocenters. The number of fused-ring (bicyclic) bond motifs is 1. The van der Waals surface area contributed by atoms with E-state index in [1.54, 1.807) is 0 Å². The molecule has 0 aliphatic carbocycles. The summed E-state index contributed by atoms with van der Waals surface area (Å²) in [6, 6.07) is 0. The smallest absolute Gasteiger partial charge is 0.455 e. The summed E-state index contributed by atoms with van der Waals surface area (Å²) < 4.78 is 26.8. The first-order valence-corrected chi connectivity index (χ1v) is 4.39. The third kappa shape index (κ3) is 0.863. The average Bonchev–Trinajstić information content (AvgIpc) is 2.67. The topological polar surface area (TPSA) is 61.8 Å². The Morgan fingerprint density at radius 2 is 2.29 bits per heavy atom. The molecule has 6 heteroatoms. The van der Waals surface area contributed by atoms with Crippen LogP contribution in [0.25, 0.3) is 0 Å². The van der Waals surface area contributed by atoms with Crippen molar-refractivity contribution in [1.82, 2.24) is 0 Å². The van der Waals surface area contributed by atoms with E-state index in [2.05, 4.69) is 4.74 Å². The summed E-state index contributed by atoms with van der Waals surface area (Å²) in [5, 5.41) is 0. The van der Waals surface area contributed by atoms with E-state index in [1.807, 2.05) is 0 Å². The fourth-order valence-corrected chi connectivity index (χ4v) is 2.49. The lowest BCUT2D eigenvalue weighted by molar-refractivity contribution is -0.145. The summed E-state index contributed by atoms with van der Waals surface area (Å²) in [6.07, 6.45) is -3.51. The van der Waals surface area contributed by atoms with E-state index in [4.69, 9.17) is 9.47 Å². The van der Waals surface area contributed by atoms with E-state index >= 15 is 0 Å². The molecule has 14 heavy (non-hydrogen) atoms. The highest BCUT2D eigenvalue weighted by Gasteiger charge is 2.65. The summed E-state index contributed by atoms with van der Waals surface area (Å²) in [5.74, 6) is -0.584. The molecule has 5 nitrogen and oxygen atoms in total. The van der Waals surface area contributed by atoms with E-state index in [0.29, 0.717) is 6.42 Å². The normalized spacial score (nSPS) is 48.1. The highest BCUT2D eigenvalue weighted by molar-refractivity contribution is 5.77. The van der Waals surface area contributed by atoms with Crippen LogP contribution in [0.3, 0.4) is 0 Å². The van der Waals surface area contributed by atoms with Gasteiger partial charge in [0.05, 0.1) is 12.0 Å². The Labute approximate surface area is 78.1 Å². The molecule has 0 aromatic heterocycles. The van der Waals surface area contributed by atoms with Gasteiger partial charge in [0.15, 0.2) is 12.2 Å². The van der Waals surface area contributed by atoms with E-state index in [0.717, 1.165) is 0 Å². The molecule has 0 aromatic rings. The molecule has 0 N–H and O–H groups in total. The van der Waals surface area contributed by atoms with E-state index < -0.39 is 18.4 Å². The second kappa shape index (κ2) is 2.44. The summed E-state index contributed by atoms with van der Waals surface area (Å²) in [7, 11) is 0. The molecule has 5 atom stereocenters. The van der Waals surface area contributed by atoms with Gasteiger partial charge in [0.25, 0.3) is 0 Å². The number of hydrogen-bond acceptors (Lipinski definition) is 5. The molecule has 3 rings (SSSR count). The van der Waals surface area contributed by atoms with Crippen LogP contribution in [0.4, 0.5) is 9.18 Å². The van der Waals surface area contributed by atoms with Crippen LogP contribution in [0.2, 0.25) is 0 Å². The molecule has 0 radical (unpaired) electrons. The van der Waals surface area contributed by atoms with Gasteiger partial charge in [0, 0.05) is 0 Å². The number of esters is 1. The minimum Gasteiger partial charge on any atom is -0.455 e. The molecule has 76 valence electrons. The maximum absolute atomic E-state index is 12.0. The predicted molar refractivity (Wildman–Crippen MR) is 38.0 cm³/mol. The number of halogens is 1. The highest BCUT2D eigenvalue weighted by atomic mass is 19.1. The molecule has 3 fully saturated rings. The van der Waals surface area contributed by atoms with Crippen molar-refractivity contribution in [3.05, 3.63) is 0 Å². The van der Waals surface area contributed by atoms with Crippen molar-refractivity contribution >= 4 is 12.2 Å². The highest BCUT2D eigenvalue weighted by Crippen LogP contribution is 2.47. The summed E-state index contributed by atoms with van der Waals surface area (Å²) in [5.41, 5.74) is 0. The maximum atomic E-state index is 12.0. The Kier molecular flexibility index (Phi) is 1.42. The van der Waals surface area contributed by atoms with Gasteiger partial charge in [-0.1, -0.05) is 0 Å². The van der Waals surface area contributed by atoms with E-state index in [-0.39, 0.29) is 24.1 Å². The van der Waals surface area contributed by atoms with Gasteiger partial charge in [-0.25, -0.2) is 4.79 Å². The van der Waals surface area contributed by atoms with Gasteiger partial charge in [-0.15, -0.1) is 4.39 Å². The van der Waals surface area contributed by atoms with Gasteiger partial charge >= 0.3 is 12.2 Å². The minimum atomic E-state index is -1.86. The number of ether oxygens (including phenoxy) is 3.